The van der Waals surface area contributed by atoms with Crippen LogP contribution in [0, 0.1) is 6.92 Å². The van der Waals surface area contributed by atoms with Crippen LogP contribution in [0.25, 0.3) is 10.8 Å². The molecule has 0 amide bonds. The van der Waals surface area contributed by atoms with E-state index in [1.165, 1.54) is 10.9 Å². The molecule has 78 valence electrons. The van der Waals surface area contributed by atoms with Crippen LogP contribution in [0.15, 0.2) is 28.9 Å². The third-order valence-corrected chi connectivity index (χ3v) is 3.25. The number of pyridine rings is 1. The zero-order valence-electron chi connectivity index (χ0n) is 8.79. The van der Waals surface area contributed by atoms with Crippen LogP contribution >= 0.6 is 15.9 Å². The number of hydrogen-bond donors (Lipinski definition) is 1. The fourth-order valence-electron chi connectivity index (χ4n) is 1.84. The lowest BCUT2D eigenvalue weighted by Gasteiger charge is -2.12. The molecule has 2 N–H and O–H groups in total. The summed E-state index contributed by atoms with van der Waals surface area (Å²) < 4.78 is 1.08. The Morgan fingerprint density at radius 2 is 2.07 bits per heavy atom. The van der Waals surface area contributed by atoms with Gasteiger partial charge in [-0.2, -0.15) is 0 Å². The van der Waals surface area contributed by atoms with Crippen molar-refractivity contribution in [2.75, 3.05) is 0 Å². The van der Waals surface area contributed by atoms with Crippen LogP contribution in [0.4, 0.5) is 0 Å². The van der Waals surface area contributed by atoms with Crippen LogP contribution in [-0.2, 0) is 0 Å². The Morgan fingerprint density at radius 1 is 1.33 bits per heavy atom. The van der Waals surface area contributed by atoms with E-state index in [0.29, 0.717) is 0 Å². The van der Waals surface area contributed by atoms with Crippen molar-refractivity contribution < 1.29 is 0 Å². The van der Waals surface area contributed by atoms with Crippen molar-refractivity contribution in [2.24, 2.45) is 5.73 Å². The van der Waals surface area contributed by atoms with Crippen molar-refractivity contribution in [3.05, 3.63) is 40.1 Å². The molecule has 2 aromatic rings. The van der Waals surface area contributed by atoms with E-state index in [1.807, 2.05) is 32.2 Å². The summed E-state index contributed by atoms with van der Waals surface area (Å²) in [6, 6.07) is 6.17. The van der Waals surface area contributed by atoms with Crippen LogP contribution in [0.3, 0.4) is 0 Å². The van der Waals surface area contributed by atoms with Crippen molar-refractivity contribution in [1.29, 1.82) is 0 Å². The Hall–Kier alpha value is -0.930. The topological polar surface area (TPSA) is 38.9 Å². The summed E-state index contributed by atoms with van der Waals surface area (Å²) >= 11 is 3.55. The molecule has 2 nitrogen and oxygen atoms in total. The molecule has 1 atom stereocenters. The lowest BCUT2D eigenvalue weighted by molar-refractivity contribution is 0.826. The molecule has 0 aliphatic heterocycles. The highest BCUT2D eigenvalue weighted by molar-refractivity contribution is 9.10. The van der Waals surface area contributed by atoms with E-state index in [9.17, 15) is 0 Å². The molecule has 3 heteroatoms. The largest absolute Gasteiger partial charge is 0.324 e. The normalized spacial score (nSPS) is 13.1. The number of aromatic nitrogens is 1. The maximum absolute atomic E-state index is 5.94. The first-order valence-corrected chi connectivity index (χ1v) is 5.70. The summed E-state index contributed by atoms with van der Waals surface area (Å²) in [6.45, 7) is 4.01. The van der Waals surface area contributed by atoms with Gasteiger partial charge in [0.2, 0.25) is 0 Å². The molecule has 0 fully saturated rings. The molecule has 1 heterocycles. The van der Waals surface area contributed by atoms with E-state index in [1.54, 1.807) is 0 Å². The predicted octanol–water partition coefficient (Wildman–Crippen LogP) is 3.33. The van der Waals surface area contributed by atoms with Crippen LogP contribution in [0.2, 0.25) is 0 Å². The molecule has 0 bridgehead atoms. The van der Waals surface area contributed by atoms with Crippen molar-refractivity contribution in [3.63, 3.8) is 0 Å². The van der Waals surface area contributed by atoms with Crippen LogP contribution in [0.1, 0.15) is 24.2 Å². The van der Waals surface area contributed by atoms with Gasteiger partial charge in [0.25, 0.3) is 0 Å². The molecular weight excluding hydrogens is 252 g/mol. The first-order chi connectivity index (χ1) is 7.11. The quantitative estimate of drug-likeness (QED) is 0.859. The van der Waals surface area contributed by atoms with E-state index in [0.717, 1.165) is 15.6 Å². The summed E-state index contributed by atoms with van der Waals surface area (Å²) in [5.74, 6) is 0. The zero-order chi connectivity index (χ0) is 11.0. The number of hydrogen-bond acceptors (Lipinski definition) is 2. The highest BCUT2D eigenvalue weighted by atomic mass is 79.9. The Morgan fingerprint density at radius 3 is 2.73 bits per heavy atom. The minimum absolute atomic E-state index is 0.0439. The Labute approximate surface area is 97.6 Å². The summed E-state index contributed by atoms with van der Waals surface area (Å²) in [5, 5.41) is 2.35. The second-order valence-electron chi connectivity index (χ2n) is 3.74. The van der Waals surface area contributed by atoms with Gasteiger partial charge in [-0.15, -0.1) is 0 Å². The minimum Gasteiger partial charge on any atom is -0.324 e. The third kappa shape index (κ3) is 1.77. The van der Waals surface area contributed by atoms with Gasteiger partial charge in [-0.05, 0) is 36.9 Å². The SMILES string of the molecule is Cc1nccc2c(C(C)N)ccc(Br)c12. The van der Waals surface area contributed by atoms with E-state index in [-0.39, 0.29) is 6.04 Å². The van der Waals surface area contributed by atoms with Crippen LogP contribution in [0.5, 0.6) is 0 Å². The number of aryl methyl sites for hydroxylation is 1. The van der Waals surface area contributed by atoms with Gasteiger partial charge in [0, 0.05) is 27.8 Å². The molecule has 2 rings (SSSR count). The van der Waals surface area contributed by atoms with Gasteiger partial charge in [0.1, 0.15) is 0 Å². The standard InChI is InChI=1S/C12H13BrN2/c1-7(14)9-3-4-11(13)12-8(2)15-6-5-10(9)12/h3-7H,14H2,1-2H3. The lowest BCUT2D eigenvalue weighted by atomic mass is 10.0. The van der Waals surface area contributed by atoms with Gasteiger partial charge in [-0.25, -0.2) is 0 Å². The Bertz CT molecular complexity index is 498. The van der Waals surface area contributed by atoms with Crippen LogP contribution < -0.4 is 5.73 Å². The summed E-state index contributed by atoms with van der Waals surface area (Å²) in [5.41, 5.74) is 8.14. The fraction of sp³-hybridized carbons (Fsp3) is 0.250. The zero-order valence-corrected chi connectivity index (χ0v) is 10.4. The average molecular weight is 265 g/mol. The molecule has 1 unspecified atom stereocenters. The minimum atomic E-state index is 0.0439. The van der Waals surface area contributed by atoms with Crippen molar-refractivity contribution in [1.82, 2.24) is 4.98 Å². The molecule has 0 aliphatic rings. The van der Waals surface area contributed by atoms with Gasteiger partial charge < -0.3 is 5.73 Å². The molecule has 15 heavy (non-hydrogen) atoms. The fourth-order valence-corrected chi connectivity index (χ4v) is 2.47. The van der Waals surface area contributed by atoms with E-state index in [4.69, 9.17) is 5.73 Å². The highest BCUT2D eigenvalue weighted by Gasteiger charge is 2.09. The van der Waals surface area contributed by atoms with Gasteiger partial charge in [0.05, 0.1) is 0 Å². The molecule has 0 aliphatic carbocycles. The first kappa shape index (κ1) is 10.6. The molecule has 0 radical (unpaired) electrons. The maximum atomic E-state index is 5.94. The highest BCUT2D eigenvalue weighted by Crippen LogP contribution is 2.30. The van der Waals surface area contributed by atoms with Crippen LogP contribution in [-0.4, -0.2) is 4.98 Å². The molecule has 1 aromatic heterocycles. The van der Waals surface area contributed by atoms with E-state index in [2.05, 4.69) is 27.0 Å². The molecule has 0 saturated carbocycles. The smallest absolute Gasteiger partial charge is 0.0462 e. The summed E-state index contributed by atoms with van der Waals surface area (Å²) in [4.78, 5) is 4.30. The van der Waals surface area contributed by atoms with Crippen molar-refractivity contribution in [3.8, 4) is 0 Å². The molecule has 0 spiro atoms. The third-order valence-electron chi connectivity index (χ3n) is 2.59. The number of benzene rings is 1. The van der Waals surface area contributed by atoms with E-state index >= 15 is 0 Å². The Kier molecular flexibility index (Phi) is 2.76. The van der Waals surface area contributed by atoms with E-state index < -0.39 is 0 Å². The average Bonchev–Trinajstić information content (AvgIpc) is 2.17. The number of halogens is 1. The second kappa shape index (κ2) is 3.91. The number of nitrogens with two attached hydrogens (primary N) is 1. The Balaban J connectivity index is 2.89. The maximum Gasteiger partial charge on any atom is 0.0462 e. The number of rotatable bonds is 1. The predicted molar refractivity (Wildman–Crippen MR) is 66.8 cm³/mol. The van der Waals surface area contributed by atoms with Crippen molar-refractivity contribution in [2.45, 2.75) is 19.9 Å². The van der Waals surface area contributed by atoms with Gasteiger partial charge >= 0.3 is 0 Å². The first-order valence-electron chi connectivity index (χ1n) is 4.90. The monoisotopic (exact) mass is 264 g/mol. The molecular formula is C12H13BrN2. The number of fused-ring (bicyclic) bond motifs is 1. The second-order valence-corrected chi connectivity index (χ2v) is 4.60. The molecule has 0 saturated heterocycles. The van der Waals surface area contributed by atoms with Gasteiger partial charge in [-0.3, -0.25) is 4.98 Å². The molecule has 1 aromatic carbocycles. The lowest BCUT2D eigenvalue weighted by Crippen LogP contribution is -2.06. The van der Waals surface area contributed by atoms with Gasteiger partial charge in [-0.1, -0.05) is 22.0 Å². The van der Waals surface area contributed by atoms with Crippen molar-refractivity contribution >= 4 is 26.7 Å². The number of nitrogens with zero attached hydrogens (tertiary/aromatic N) is 1. The van der Waals surface area contributed by atoms with Gasteiger partial charge in [0.15, 0.2) is 0 Å². The summed E-state index contributed by atoms with van der Waals surface area (Å²) in [7, 11) is 0. The summed E-state index contributed by atoms with van der Waals surface area (Å²) in [6.07, 6.45) is 1.83.